The van der Waals surface area contributed by atoms with Crippen molar-refractivity contribution < 1.29 is 13.3 Å². The zero-order chi connectivity index (χ0) is 13.0. The second kappa shape index (κ2) is 6.30. The topological polar surface area (TPSA) is 27.7 Å². The van der Waals surface area contributed by atoms with Crippen LogP contribution < -0.4 is 0 Å². The SMILES string of the molecule is CO[Si](C)(C)C[Si](C)(OC(C)C)OC(C)C. The molecule has 0 fully saturated rings. The molecule has 0 radical (unpaired) electrons. The molecule has 0 aliphatic heterocycles. The zero-order valence-electron chi connectivity index (χ0n) is 12.1. The molecule has 5 heteroatoms. The standard InChI is InChI=1S/C11H28O3Si2/c1-10(2)13-16(8,14-11(3)4)9-15(6,7)12-5/h10-11H,9H2,1-8H3. The first kappa shape index (κ1) is 16.3. The molecule has 0 aromatic carbocycles. The number of hydrogen-bond donors (Lipinski definition) is 0. The van der Waals surface area contributed by atoms with E-state index in [1.807, 2.05) is 0 Å². The highest BCUT2D eigenvalue weighted by Gasteiger charge is 2.41. The van der Waals surface area contributed by atoms with Crippen molar-refractivity contribution in [3.8, 4) is 0 Å². The van der Waals surface area contributed by atoms with Gasteiger partial charge in [-0.2, -0.15) is 0 Å². The van der Waals surface area contributed by atoms with E-state index >= 15 is 0 Å². The van der Waals surface area contributed by atoms with E-state index in [1.165, 1.54) is 0 Å². The van der Waals surface area contributed by atoms with Crippen LogP contribution in [0.25, 0.3) is 0 Å². The van der Waals surface area contributed by atoms with Crippen LogP contribution in [-0.4, -0.2) is 36.2 Å². The second-order valence-corrected chi connectivity index (χ2v) is 13.7. The van der Waals surface area contributed by atoms with Gasteiger partial charge in [-0.15, -0.1) is 0 Å². The van der Waals surface area contributed by atoms with Crippen molar-refractivity contribution in [2.75, 3.05) is 7.11 Å². The molecule has 0 spiro atoms. The zero-order valence-corrected chi connectivity index (χ0v) is 14.1. The van der Waals surface area contributed by atoms with E-state index in [4.69, 9.17) is 13.3 Å². The van der Waals surface area contributed by atoms with E-state index in [0.717, 1.165) is 5.67 Å². The molecular weight excluding hydrogens is 236 g/mol. The summed E-state index contributed by atoms with van der Waals surface area (Å²) in [7, 11) is -1.93. The Bertz CT molecular complexity index is 195. The smallest absolute Gasteiger partial charge is 0.334 e. The van der Waals surface area contributed by atoms with Crippen LogP contribution in [0.2, 0.25) is 25.3 Å². The first-order chi connectivity index (χ1) is 7.10. The molecule has 0 saturated heterocycles. The van der Waals surface area contributed by atoms with E-state index in [9.17, 15) is 0 Å². The quantitative estimate of drug-likeness (QED) is 0.660. The summed E-state index contributed by atoms with van der Waals surface area (Å²) in [5, 5.41) is 0. The van der Waals surface area contributed by atoms with Crippen molar-refractivity contribution >= 4 is 16.9 Å². The van der Waals surface area contributed by atoms with Crippen molar-refractivity contribution in [2.24, 2.45) is 0 Å². The van der Waals surface area contributed by atoms with Crippen LogP contribution >= 0.6 is 0 Å². The third kappa shape index (κ3) is 6.80. The van der Waals surface area contributed by atoms with Gasteiger partial charge in [-0.05, 0) is 47.3 Å². The summed E-state index contributed by atoms with van der Waals surface area (Å²) < 4.78 is 17.7. The lowest BCUT2D eigenvalue weighted by Gasteiger charge is -2.35. The van der Waals surface area contributed by atoms with E-state index in [0.29, 0.717) is 0 Å². The monoisotopic (exact) mass is 264 g/mol. The molecule has 0 amide bonds. The summed E-state index contributed by atoms with van der Waals surface area (Å²) in [4.78, 5) is 0. The summed E-state index contributed by atoms with van der Waals surface area (Å²) in [5.41, 5.74) is 0.979. The minimum atomic E-state index is -2.10. The van der Waals surface area contributed by atoms with Gasteiger partial charge in [-0.3, -0.25) is 0 Å². The average molecular weight is 265 g/mol. The maximum atomic E-state index is 6.06. The summed E-state index contributed by atoms with van der Waals surface area (Å²) in [6.45, 7) is 14.8. The molecule has 0 aromatic heterocycles. The summed E-state index contributed by atoms with van der Waals surface area (Å²) in [6, 6.07) is 0. The van der Waals surface area contributed by atoms with E-state index < -0.39 is 16.9 Å². The Hall–Kier alpha value is 0.314. The number of hydrogen-bond acceptors (Lipinski definition) is 3. The molecular formula is C11H28O3Si2. The summed E-state index contributed by atoms with van der Waals surface area (Å²) in [5.74, 6) is 0. The van der Waals surface area contributed by atoms with Crippen molar-refractivity contribution in [3.63, 3.8) is 0 Å². The molecule has 0 aliphatic carbocycles. The third-order valence-electron chi connectivity index (χ3n) is 2.27. The predicted octanol–water partition coefficient (Wildman–Crippen LogP) is 3.30. The van der Waals surface area contributed by atoms with Gasteiger partial charge in [0.05, 0.1) is 0 Å². The highest BCUT2D eigenvalue weighted by molar-refractivity contribution is 6.87. The fraction of sp³-hybridized carbons (Fsp3) is 1.00. The Morgan fingerprint density at radius 2 is 1.25 bits per heavy atom. The fourth-order valence-corrected chi connectivity index (χ4v) is 11.4. The van der Waals surface area contributed by atoms with Gasteiger partial charge in [0.2, 0.25) is 0 Å². The molecule has 98 valence electrons. The summed E-state index contributed by atoms with van der Waals surface area (Å²) in [6.07, 6.45) is 0.439. The van der Waals surface area contributed by atoms with Crippen molar-refractivity contribution in [1.82, 2.24) is 0 Å². The highest BCUT2D eigenvalue weighted by Crippen LogP contribution is 2.25. The largest absolute Gasteiger partial charge is 0.421 e. The maximum Gasteiger partial charge on any atom is 0.334 e. The molecule has 0 aromatic rings. The second-order valence-electron chi connectivity index (χ2n) is 5.61. The van der Waals surface area contributed by atoms with Gasteiger partial charge in [0.15, 0.2) is 8.32 Å². The van der Waals surface area contributed by atoms with Gasteiger partial charge >= 0.3 is 8.56 Å². The van der Waals surface area contributed by atoms with Crippen LogP contribution in [0.5, 0.6) is 0 Å². The molecule has 0 atom stereocenters. The van der Waals surface area contributed by atoms with Crippen LogP contribution in [0.1, 0.15) is 27.7 Å². The van der Waals surface area contributed by atoms with Gasteiger partial charge in [0.25, 0.3) is 0 Å². The first-order valence-corrected chi connectivity index (χ1v) is 11.6. The Balaban J connectivity index is 4.65. The van der Waals surface area contributed by atoms with Gasteiger partial charge in [-0.1, -0.05) is 0 Å². The molecule has 16 heavy (non-hydrogen) atoms. The Kier molecular flexibility index (Phi) is 6.43. The van der Waals surface area contributed by atoms with Gasteiger partial charge in [0.1, 0.15) is 0 Å². The molecule has 3 nitrogen and oxygen atoms in total. The molecule has 0 heterocycles. The average Bonchev–Trinajstić information content (AvgIpc) is 1.98. The van der Waals surface area contributed by atoms with Crippen molar-refractivity contribution in [3.05, 3.63) is 0 Å². The van der Waals surface area contributed by atoms with Crippen LogP contribution in [0, 0.1) is 0 Å². The lowest BCUT2D eigenvalue weighted by atomic mass is 10.5. The molecule has 0 N–H and O–H groups in total. The van der Waals surface area contributed by atoms with Crippen LogP contribution in [-0.2, 0) is 13.3 Å². The molecule has 0 aliphatic rings. The lowest BCUT2D eigenvalue weighted by molar-refractivity contribution is 0.111. The van der Waals surface area contributed by atoms with E-state index in [2.05, 4.69) is 47.3 Å². The van der Waals surface area contributed by atoms with Crippen molar-refractivity contribution in [2.45, 2.75) is 65.2 Å². The Morgan fingerprint density at radius 1 is 0.875 bits per heavy atom. The maximum absolute atomic E-state index is 6.06. The Morgan fingerprint density at radius 3 is 1.50 bits per heavy atom. The number of rotatable bonds is 7. The Labute approximate surface area is 103 Å². The minimum absolute atomic E-state index is 0.220. The van der Waals surface area contributed by atoms with Crippen LogP contribution in [0.3, 0.4) is 0 Å². The fourth-order valence-electron chi connectivity index (χ4n) is 1.95. The van der Waals surface area contributed by atoms with E-state index in [-0.39, 0.29) is 12.2 Å². The molecule has 0 saturated carbocycles. The van der Waals surface area contributed by atoms with Gasteiger partial charge in [-0.25, -0.2) is 0 Å². The van der Waals surface area contributed by atoms with Crippen LogP contribution in [0.15, 0.2) is 0 Å². The predicted molar refractivity (Wildman–Crippen MR) is 73.4 cm³/mol. The lowest BCUT2D eigenvalue weighted by Crippen LogP contribution is -2.50. The van der Waals surface area contributed by atoms with Crippen LogP contribution in [0.4, 0.5) is 0 Å². The molecule has 0 unspecified atom stereocenters. The normalized spacial score (nSPS) is 13.9. The summed E-state index contributed by atoms with van der Waals surface area (Å²) >= 11 is 0. The molecule has 0 rings (SSSR count). The minimum Gasteiger partial charge on any atom is -0.421 e. The van der Waals surface area contributed by atoms with Crippen molar-refractivity contribution in [1.29, 1.82) is 0 Å². The van der Waals surface area contributed by atoms with Gasteiger partial charge in [0, 0.05) is 25.0 Å². The first-order valence-electron chi connectivity index (χ1n) is 6.01. The third-order valence-corrected chi connectivity index (χ3v) is 11.3. The van der Waals surface area contributed by atoms with Gasteiger partial charge < -0.3 is 13.3 Å². The van der Waals surface area contributed by atoms with E-state index in [1.54, 1.807) is 7.11 Å². The molecule has 0 bridgehead atoms. The highest BCUT2D eigenvalue weighted by atomic mass is 28.4.